The highest BCUT2D eigenvalue weighted by molar-refractivity contribution is 6.17. The molecule has 0 fully saturated rings. The number of ether oxygens (including phenoxy) is 2. The second-order valence-electron chi connectivity index (χ2n) is 3.02. The van der Waals surface area contributed by atoms with E-state index in [1.807, 2.05) is 0 Å². The molecule has 0 N–H and O–H groups in total. The number of hydrogen-bond donors (Lipinski definition) is 0. The van der Waals surface area contributed by atoms with Crippen molar-refractivity contribution >= 4 is 11.6 Å². The molecule has 18 heavy (non-hydrogen) atoms. The zero-order valence-corrected chi connectivity index (χ0v) is 9.65. The molecule has 0 aromatic carbocycles. The van der Waals surface area contributed by atoms with Crippen molar-refractivity contribution in [3.05, 3.63) is 17.3 Å². The van der Waals surface area contributed by atoms with Gasteiger partial charge in [-0.15, -0.1) is 24.8 Å². The largest absolute Gasteiger partial charge is 0.574 e. The molecule has 1 aromatic heterocycles. The highest BCUT2D eigenvalue weighted by Crippen LogP contribution is 2.35. The summed E-state index contributed by atoms with van der Waals surface area (Å²) in [7, 11) is 1.11. The predicted molar refractivity (Wildman–Crippen MR) is 52.0 cm³/mol. The van der Waals surface area contributed by atoms with E-state index in [9.17, 15) is 22.0 Å². The Kier molecular flexibility index (Phi) is 4.55. The van der Waals surface area contributed by atoms with Crippen molar-refractivity contribution in [3.63, 3.8) is 0 Å². The Bertz CT molecular complexity index is 424. The average molecular weight is 292 g/mol. The van der Waals surface area contributed by atoms with Crippen molar-refractivity contribution in [1.29, 1.82) is 0 Å². The lowest BCUT2D eigenvalue weighted by molar-refractivity contribution is -0.276. The van der Waals surface area contributed by atoms with Gasteiger partial charge in [0.1, 0.15) is 11.4 Å². The minimum atomic E-state index is -5.06. The van der Waals surface area contributed by atoms with Gasteiger partial charge in [0.2, 0.25) is 5.88 Å². The molecule has 0 radical (unpaired) electrons. The number of pyridine rings is 1. The van der Waals surface area contributed by atoms with Crippen LogP contribution in [-0.2, 0) is 5.88 Å². The number of methoxy groups -OCH3 is 1. The first-order chi connectivity index (χ1) is 8.28. The molecule has 0 unspecified atom stereocenters. The Hall–Kier alpha value is -1.31. The first-order valence-electron chi connectivity index (χ1n) is 4.46. The van der Waals surface area contributed by atoms with Gasteiger partial charge in [-0.05, 0) is 0 Å². The van der Waals surface area contributed by atoms with Crippen LogP contribution in [-0.4, -0.2) is 18.5 Å². The molecule has 0 bridgehead atoms. The molecule has 0 aliphatic heterocycles. The molecule has 0 spiro atoms. The minimum Gasteiger partial charge on any atom is -0.496 e. The predicted octanol–water partition coefficient (Wildman–Crippen LogP) is 3.67. The maximum Gasteiger partial charge on any atom is 0.574 e. The van der Waals surface area contributed by atoms with Gasteiger partial charge in [0, 0.05) is 6.07 Å². The fraction of sp³-hybridized carbons (Fsp3) is 0.444. The van der Waals surface area contributed by atoms with Crippen molar-refractivity contribution in [2.45, 2.75) is 18.7 Å². The summed E-state index contributed by atoms with van der Waals surface area (Å²) in [6, 6.07) is 0.811. The molecular formula is C9H7ClF5NO2. The Morgan fingerprint density at radius 2 is 2.00 bits per heavy atom. The third-order valence-electron chi connectivity index (χ3n) is 1.85. The molecule has 9 heteroatoms. The summed E-state index contributed by atoms with van der Waals surface area (Å²) in [5.74, 6) is -1.70. The smallest absolute Gasteiger partial charge is 0.496 e. The standard InChI is InChI=1S/C9H7ClF5NO2/c1-17-6-2-5(7(11)12)16-8(4(6)3-10)18-9(13,14)15/h2,7H,3H2,1H3. The van der Waals surface area contributed by atoms with Crippen LogP contribution in [0.4, 0.5) is 22.0 Å². The van der Waals surface area contributed by atoms with Gasteiger partial charge in [0.15, 0.2) is 0 Å². The van der Waals surface area contributed by atoms with Crippen LogP contribution in [0.1, 0.15) is 17.7 Å². The van der Waals surface area contributed by atoms with E-state index < -0.39 is 30.2 Å². The van der Waals surface area contributed by atoms with Gasteiger partial charge in [-0.3, -0.25) is 0 Å². The highest BCUT2D eigenvalue weighted by atomic mass is 35.5. The molecule has 0 aliphatic rings. The lowest BCUT2D eigenvalue weighted by Gasteiger charge is -2.15. The van der Waals surface area contributed by atoms with E-state index in [4.69, 9.17) is 11.6 Å². The van der Waals surface area contributed by atoms with Crippen LogP contribution in [0.5, 0.6) is 11.6 Å². The number of hydrogen-bond acceptors (Lipinski definition) is 3. The molecule has 102 valence electrons. The summed E-state index contributed by atoms with van der Waals surface area (Å²) in [5, 5.41) is 0. The summed E-state index contributed by atoms with van der Waals surface area (Å²) in [5.41, 5.74) is -1.14. The van der Waals surface area contributed by atoms with Crippen LogP contribution in [0.3, 0.4) is 0 Å². The van der Waals surface area contributed by atoms with E-state index in [2.05, 4.69) is 14.5 Å². The maximum absolute atomic E-state index is 12.4. The number of aromatic nitrogens is 1. The molecular weight excluding hydrogens is 285 g/mol. The summed E-state index contributed by atoms with van der Waals surface area (Å²) in [6.07, 6.45) is -8.11. The summed E-state index contributed by atoms with van der Waals surface area (Å²) in [6.45, 7) is 0. The fourth-order valence-electron chi connectivity index (χ4n) is 1.15. The summed E-state index contributed by atoms with van der Waals surface area (Å²) >= 11 is 5.42. The Balaban J connectivity index is 3.31. The zero-order valence-electron chi connectivity index (χ0n) is 8.89. The molecule has 1 aromatic rings. The van der Waals surface area contributed by atoms with Gasteiger partial charge in [0.25, 0.3) is 6.43 Å². The third kappa shape index (κ3) is 3.59. The van der Waals surface area contributed by atoms with E-state index in [-0.39, 0.29) is 11.3 Å². The normalized spacial score (nSPS) is 11.8. The number of halogens is 6. The Morgan fingerprint density at radius 3 is 2.39 bits per heavy atom. The highest BCUT2D eigenvalue weighted by Gasteiger charge is 2.34. The van der Waals surface area contributed by atoms with E-state index in [0.29, 0.717) is 0 Å². The topological polar surface area (TPSA) is 31.4 Å². The third-order valence-corrected chi connectivity index (χ3v) is 2.12. The Morgan fingerprint density at radius 1 is 1.39 bits per heavy atom. The first kappa shape index (κ1) is 14.7. The molecule has 0 atom stereocenters. The van der Waals surface area contributed by atoms with E-state index in [1.165, 1.54) is 0 Å². The molecule has 0 amide bonds. The van der Waals surface area contributed by atoms with E-state index in [0.717, 1.165) is 13.2 Å². The van der Waals surface area contributed by atoms with Gasteiger partial charge in [-0.1, -0.05) is 0 Å². The van der Waals surface area contributed by atoms with Crippen LogP contribution in [0.15, 0.2) is 6.07 Å². The minimum absolute atomic E-state index is 0.241. The van der Waals surface area contributed by atoms with Crippen molar-refractivity contribution < 1.29 is 31.4 Å². The monoisotopic (exact) mass is 291 g/mol. The van der Waals surface area contributed by atoms with E-state index >= 15 is 0 Å². The fourth-order valence-corrected chi connectivity index (χ4v) is 1.40. The van der Waals surface area contributed by atoms with Crippen LogP contribution >= 0.6 is 11.6 Å². The van der Waals surface area contributed by atoms with Gasteiger partial charge < -0.3 is 9.47 Å². The summed E-state index contributed by atoms with van der Waals surface area (Å²) < 4.78 is 69.4. The number of rotatable bonds is 4. The van der Waals surface area contributed by atoms with Crippen LogP contribution in [0, 0.1) is 0 Å². The second-order valence-corrected chi connectivity index (χ2v) is 3.28. The summed E-state index contributed by atoms with van der Waals surface area (Å²) in [4.78, 5) is 3.08. The average Bonchev–Trinajstić information content (AvgIpc) is 2.25. The number of alkyl halides is 6. The zero-order chi connectivity index (χ0) is 13.9. The van der Waals surface area contributed by atoms with E-state index in [1.54, 1.807) is 0 Å². The lowest BCUT2D eigenvalue weighted by atomic mass is 10.2. The van der Waals surface area contributed by atoms with Gasteiger partial charge in [-0.2, -0.15) is 0 Å². The number of nitrogens with zero attached hydrogens (tertiary/aromatic N) is 1. The van der Waals surface area contributed by atoms with Crippen molar-refractivity contribution in [1.82, 2.24) is 4.98 Å². The van der Waals surface area contributed by atoms with Gasteiger partial charge >= 0.3 is 6.36 Å². The van der Waals surface area contributed by atoms with Crippen LogP contribution in [0.25, 0.3) is 0 Å². The van der Waals surface area contributed by atoms with Crippen LogP contribution < -0.4 is 9.47 Å². The Labute approximate surface area is 103 Å². The SMILES string of the molecule is COc1cc(C(F)F)nc(OC(F)(F)F)c1CCl. The second kappa shape index (κ2) is 5.55. The van der Waals surface area contributed by atoms with Gasteiger partial charge in [0.05, 0.1) is 18.6 Å². The van der Waals surface area contributed by atoms with Crippen molar-refractivity contribution in [2.75, 3.05) is 7.11 Å². The molecule has 0 saturated carbocycles. The molecule has 1 rings (SSSR count). The van der Waals surface area contributed by atoms with Gasteiger partial charge in [-0.25, -0.2) is 13.8 Å². The maximum atomic E-state index is 12.4. The van der Waals surface area contributed by atoms with Crippen LogP contribution in [0.2, 0.25) is 0 Å². The molecule has 1 heterocycles. The lowest BCUT2D eigenvalue weighted by Crippen LogP contribution is -2.19. The molecule has 3 nitrogen and oxygen atoms in total. The van der Waals surface area contributed by atoms with Crippen molar-refractivity contribution in [3.8, 4) is 11.6 Å². The quantitative estimate of drug-likeness (QED) is 0.626. The molecule has 0 saturated heterocycles. The van der Waals surface area contributed by atoms with Crippen molar-refractivity contribution in [2.24, 2.45) is 0 Å². The first-order valence-corrected chi connectivity index (χ1v) is 4.99. The molecule has 0 aliphatic carbocycles.